The third-order valence-corrected chi connectivity index (χ3v) is 2.42. The summed E-state index contributed by atoms with van der Waals surface area (Å²) in [4.78, 5) is 4.34. The van der Waals surface area contributed by atoms with E-state index in [4.69, 9.17) is 5.73 Å². The second-order valence-electron chi connectivity index (χ2n) is 3.50. The fourth-order valence-electron chi connectivity index (χ4n) is 1.36. The second-order valence-corrected chi connectivity index (χ2v) is 3.50. The van der Waals surface area contributed by atoms with Gasteiger partial charge >= 0.3 is 0 Å². The number of nitrogens with zero attached hydrogens (tertiary/aromatic N) is 2. The molecule has 1 heterocycles. The van der Waals surface area contributed by atoms with Crippen molar-refractivity contribution in [3.63, 3.8) is 0 Å². The smallest absolute Gasteiger partial charge is 0.167 e. The van der Waals surface area contributed by atoms with Crippen molar-refractivity contribution in [2.24, 2.45) is 5.73 Å². The van der Waals surface area contributed by atoms with E-state index in [1.54, 1.807) is 0 Å². The van der Waals surface area contributed by atoms with Crippen molar-refractivity contribution in [1.82, 2.24) is 15.2 Å². The molecular formula is C8H14N4. The normalized spacial score (nSPS) is 20.5. The van der Waals surface area contributed by atoms with Crippen LogP contribution in [-0.2, 0) is 0 Å². The topological polar surface area (TPSA) is 67.6 Å². The first-order valence-electron chi connectivity index (χ1n) is 4.45. The molecule has 3 N–H and O–H groups in total. The standard InChI is InChI=1S/C8H14N4/c1-5(9)7-10-8(12-11-7)6-3-2-4-6/h5-6H,2-4,9H2,1H3,(H,10,11,12)/t5-/m0/s1. The molecule has 0 saturated heterocycles. The van der Waals surface area contributed by atoms with Gasteiger partial charge in [-0.05, 0) is 19.8 Å². The molecule has 1 aromatic rings. The summed E-state index contributed by atoms with van der Waals surface area (Å²) < 4.78 is 0. The predicted octanol–water partition coefficient (Wildman–Crippen LogP) is 1.09. The largest absolute Gasteiger partial charge is 0.321 e. The molecule has 1 aliphatic carbocycles. The molecule has 1 atom stereocenters. The van der Waals surface area contributed by atoms with E-state index < -0.39 is 0 Å². The van der Waals surface area contributed by atoms with Crippen molar-refractivity contribution < 1.29 is 0 Å². The number of H-pyrrole nitrogens is 1. The van der Waals surface area contributed by atoms with Crippen LogP contribution in [0, 0.1) is 0 Å². The van der Waals surface area contributed by atoms with Gasteiger partial charge in [0.1, 0.15) is 5.82 Å². The Hall–Kier alpha value is -0.900. The van der Waals surface area contributed by atoms with Crippen LogP contribution in [0.3, 0.4) is 0 Å². The van der Waals surface area contributed by atoms with Gasteiger partial charge in [0.05, 0.1) is 6.04 Å². The van der Waals surface area contributed by atoms with Gasteiger partial charge in [-0.2, -0.15) is 5.10 Å². The lowest BCUT2D eigenvalue weighted by atomic mass is 9.85. The van der Waals surface area contributed by atoms with Crippen molar-refractivity contribution in [1.29, 1.82) is 0 Å². The minimum Gasteiger partial charge on any atom is -0.321 e. The van der Waals surface area contributed by atoms with E-state index in [9.17, 15) is 0 Å². The lowest BCUT2D eigenvalue weighted by Crippen LogP contribution is -2.11. The van der Waals surface area contributed by atoms with Crippen LogP contribution in [-0.4, -0.2) is 15.2 Å². The maximum Gasteiger partial charge on any atom is 0.167 e. The van der Waals surface area contributed by atoms with Gasteiger partial charge in [0.2, 0.25) is 0 Å². The highest BCUT2D eigenvalue weighted by Crippen LogP contribution is 2.34. The van der Waals surface area contributed by atoms with Crippen LogP contribution in [0.1, 0.15) is 49.8 Å². The number of nitrogens with two attached hydrogens (primary N) is 1. The highest BCUT2D eigenvalue weighted by molar-refractivity contribution is 5.03. The van der Waals surface area contributed by atoms with Crippen LogP contribution in [0.2, 0.25) is 0 Å². The summed E-state index contributed by atoms with van der Waals surface area (Å²) in [5, 5.41) is 7.01. The molecule has 2 rings (SSSR count). The molecule has 4 nitrogen and oxygen atoms in total. The lowest BCUT2D eigenvalue weighted by Gasteiger charge is -2.22. The van der Waals surface area contributed by atoms with Gasteiger partial charge < -0.3 is 5.73 Å². The van der Waals surface area contributed by atoms with Crippen LogP contribution >= 0.6 is 0 Å². The van der Waals surface area contributed by atoms with Crippen molar-refractivity contribution in [3.8, 4) is 0 Å². The fourth-order valence-corrected chi connectivity index (χ4v) is 1.36. The van der Waals surface area contributed by atoms with Crippen molar-refractivity contribution in [3.05, 3.63) is 11.6 Å². The van der Waals surface area contributed by atoms with Crippen LogP contribution in [0.15, 0.2) is 0 Å². The highest BCUT2D eigenvalue weighted by Gasteiger charge is 2.23. The van der Waals surface area contributed by atoms with Crippen LogP contribution in [0.4, 0.5) is 0 Å². The number of aromatic amines is 1. The van der Waals surface area contributed by atoms with E-state index in [1.807, 2.05) is 6.92 Å². The second kappa shape index (κ2) is 2.86. The first-order chi connectivity index (χ1) is 5.77. The highest BCUT2D eigenvalue weighted by atomic mass is 15.2. The van der Waals surface area contributed by atoms with Gasteiger partial charge in [-0.1, -0.05) is 6.42 Å². The van der Waals surface area contributed by atoms with Gasteiger partial charge in [-0.25, -0.2) is 4.98 Å². The predicted molar refractivity (Wildman–Crippen MR) is 45.6 cm³/mol. The van der Waals surface area contributed by atoms with E-state index >= 15 is 0 Å². The number of nitrogens with one attached hydrogen (secondary N) is 1. The molecule has 1 saturated carbocycles. The SMILES string of the molecule is C[C@H](N)c1n[nH]c(C2CCC2)n1. The molecular weight excluding hydrogens is 152 g/mol. The maximum atomic E-state index is 5.64. The molecule has 0 unspecified atom stereocenters. The Kier molecular flexibility index (Phi) is 1.84. The Morgan fingerprint density at radius 1 is 1.58 bits per heavy atom. The Bertz CT molecular complexity index is 262. The van der Waals surface area contributed by atoms with Crippen LogP contribution < -0.4 is 5.73 Å². The van der Waals surface area contributed by atoms with E-state index in [0.29, 0.717) is 5.92 Å². The third kappa shape index (κ3) is 1.22. The summed E-state index contributed by atoms with van der Waals surface area (Å²) in [5.74, 6) is 2.37. The number of aromatic nitrogens is 3. The monoisotopic (exact) mass is 166 g/mol. The van der Waals surface area contributed by atoms with Crippen molar-refractivity contribution in [2.75, 3.05) is 0 Å². The van der Waals surface area contributed by atoms with Gasteiger partial charge in [0.15, 0.2) is 5.82 Å². The summed E-state index contributed by atoms with van der Waals surface area (Å²) in [5.41, 5.74) is 5.64. The summed E-state index contributed by atoms with van der Waals surface area (Å²) in [7, 11) is 0. The van der Waals surface area contributed by atoms with Crippen molar-refractivity contribution in [2.45, 2.75) is 38.1 Å². The zero-order chi connectivity index (χ0) is 8.55. The molecule has 66 valence electrons. The minimum absolute atomic E-state index is 0.0601. The zero-order valence-corrected chi connectivity index (χ0v) is 7.25. The molecule has 1 aliphatic rings. The fraction of sp³-hybridized carbons (Fsp3) is 0.750. The van der Waals surface area contributed by atoms with Crippen LogP contribution in [0.25, 0.3) is 0 Å². The van der Waals surface area contributed by atoms with E-state index in [1.165, 1.54) is 19.3 Å². The number of hydrogen-bond acceptors (Lipinski definition) is 3. The molecule has 0 aliphatic heterocycles. The summed E-state index contributed by atoms with van der Waals surface area (Å²) in [6.07, 6.45) is 3.81. The first-order valence-corrected chi connectivity index (χ1v) is 4.45. The lowest BCUT2D eigenvalue weighted by molar-refractivity contribution is 0.402. The minimum atomic E-state index is -0.0601. The van der Waals surface area contributed by atoms with E-state index in [2.05, 4.69) is 15.2 Å². The summed E-state index contributed by atoms with van der Waals surface area (Å²) >= 11 is 0. The van der Waals surface area contributed by atoms with E-state index in [-0.39, 0.29) is 6.04 Å². The molecule has 4 heteroatoms. The third-order valence-electron chi connectivity index (χ3n) is 2.42. The molecule has 1 aromatic heterocycles. The number of hydrogen-bond donors (Lipinski definition) is 2. The first kappa shape index (κ1) is 7.73. The molecule has 0 aromatic carbocycles. The molecule has 0 radical (unpaired) electrons. The molecule has 0 amide bonds. The molecule has 12 heavy (non-hydrogen) atoms. The summed E-state index contributed by atoms with van der Waals surface area (Å²) in [6, 6.07) is -0.0601. The van der Waals surface area contributed by atoms with Gasteiger partial charge in [-0.3, -0.25) is 5.10 Å². The van der Waals surface area contributed by atoms with Gasteiger partial charge in [0, 0.05) is 5.92 Å². The maximum absolute atomic E-state index is 5.64. The Labute approximate surface area is 71.6 Å². The van der Waals surface area contributed by atoms with Crippen molar-refractivity contribution >= 4 is 0 Å². The van der Waals surface area contributed by atoms with Crippen LogP contribution in [0.5, 0.6) is 0 Å². The summed E-state index contributed by atoms with van der Waals surface area (Å²) in [6.45, 7) is 1.90. The Morgan fingerprint density at radius 2 is 2.33 bits per heavy atom. The molecule has 0 spiro atoms. The number of rotatable bonds is 2. The Balaban J connectivity index is 2.12. The van der Waals surface area contributed by atoms with E-state index in [0.717, 1.165) is 11.6 Å². The van der Waals surface area contributed by atoms with Gasteiger partial charge in [-0.15, -0.1) is 0 Å². The zero-order valence-electron chi connectivity index (χ0n) is 7.25. The quantitative estimate of drug-likeness (QED) is 0.691. The molecule has 1 fully saturated rings. The average Bonchev–Trinajstić information content (AvgIpc) is 2.32. The molecule has 0 bridgehead atoms. The average molecular weight is 166 g/mol. The Morgan fingerprint density at radius 3 is 2.75 bits per heavy atom. The van der Waals surface area contributed by atoms with Gasteiger partial charge in [0.25, 0.3) is 0 Å².